The topological polar surface area (TPSA) is 33.1 Å². The van der Waals surface area contributed by atoms with Crippen LogP contribution in [0.4, 0.5) is 0 Å². The van der Waals surface area contributed by atoms with Gasteiger partial charge in [-0.2, -0.15) is 0 Å². The van der Waals surface area contributed by atoms with E-state index >= 15 is 0 Å². The largest absolute Gasteiger partial charge is 0.396 e. The molecule has 0 aliphatic carbocycles. The first-order chi connectivity index (χ1) is 7.72. The molecule has 0 fully saturated rings. The van der Waals surface area contributed by atoms with Crippen LogP contribution in [0.5, 0.6) is 0 Å². The van der Waals surface area contributed by atoms with Crippen molar-refractivity contribution in [1.29, 1.82) is 0 Å². The number of hydrogen-bond donors (Lipinski definition) is 1. The van der Waals surface area contributed by atoms with E-state index in [2.05, 4.69) is 29.2 Å². The number of aliphatic hydroxyl groups excluding tert-OH is 1. The molecule has 0 spiro atoms. The molecule has 84 valence electrons. The van der Waals surface area contributed by atoms with Crippen LogP contribution in [0.25, 0.3) is 10.4 Å². The highest BCUT2D eigenvalue weighted by atomic mass is 32.1. The Labute approximate surface area is 99.6 Å². The highest BCUT2D eigenvalue weighted by Crippen LogP contribution is 2.28. The number of nitrogens with zero attached hydrogens (tertiary/aromatic N) is 1. The van der Waals surface area contributed by atoms with E-state index in [0.717, 1.165) is 5.69 Å². The summed E-state index contributed by atoms with van der Waals surface area (Å²) in [4.78, 5) is 5.47. The molecule has 3 heteroatoms. The second kappa shape index (κ2) is 4.76. The molecule has 0 saturated heterocycles. The molecule has 0 aliphatic rings. The normalized spacial score (nSPS) is 12.7. The Balaban J connectivity index is 2.30. The van der Waals surface area contributed by atoms with Crippen molar-refractivity contribution in [2.24, 2.45) is 0 Å². The van der Waals surface area contributed by atoms with Gasteiger partial charge in [-0.1, -0.05) is 31.2 Å². The summed E-state index contributed by atoms with van der Waals surface area (Å²) in [5, 5.41) is 9.08. The quantitative estimate of drug-likeness (QED) is 0.883. The lowest BCUT2D eigenvalue weighted by Gasteiger charge is -2.08. The van der Waals surface area contributed by atoms with Gasteiger partial charge in [-0.05, 0) is 18.1 Å². The van der Waals surface area contributed by atoms with Crippen molar-refractivity contribution < 1.29 is 5.11 Å². The van der Waals surface area contributed by atoms with Crippen LogP contribution < -0.4 is 0 Å². The predicted molar refractivity (Wildman–Crippen MR) is 67.8 cm³/mol. The van der Waals surface area contributed by atoms with E-state index < -0.39 is 0 Å². The van der Waals surface area contributed by atoms with Crippen LogP contribution in [0.15, 0.2) is 29.8 Å². The molecule has 2 aromatic rings. The number of benzene rings is 1. The Morgan fingerprint density at radius 1 is 1.31 bits per heavy atom. The third-order valence-corrected chi connectivity index (χ3v) is 3.74. The Hall–Kier alpha value is -1.19. The molecule has 16 heavy (non-hydrogen) atoms. The molecule has 1 aromatic carbocycles. The number of rotatable bonds is 3. The fraction of sp³-hybridized carbons (Fsp3) is 0.308. The van der Waals surface area contributed by atoms with Gasteiger partial charge in [-0.25, -0.2) is 4.98 Å². The van der Waals surface area contributed by atoms with Gasteiger partial charge in [-0.15, -0.1) is 11.3 Å². The molecule has 2 nitrogen and oxygen atoms in total. The molecule has 1 atom stereocenters. The van der Waals surface area contributed by atoms with E-state index in [9.17, 15) is 0 Å². The summed E-state index contributed by atoms with van der Waals surface area (Å²) in [5.74, 6) is 0.205. The third-order valence-electron chi connectivity index (χ3n) is 2.76. The van der Waals surface area contributed by atoms with E-state index in [-0.39, 0.29) is 12.5 Å². The van der Waals surface area contributed by atoms with Gasteiger partial charge in [0.15, 0.2) is 0 Å². The maximum Gasteiger partial charge on any atom is 0.0801 e. The molecular weight excluding hydrogens is 218 g/mol. The molecule has 0 bridgehead atoms. The number of hydrogen-bond acceptors (Lipinski definition) is 3. The zero-order chi connectivity index (χ0) is 11.5. The van der Waals surface area contributed by atoms with Gasteiger partial charge in [0.2, 0.25) is 0 Å². The smallest absolute Gasteiger partial charge is 0.0801 e. The minimum absolute atomic E-state index is 0.193. The summed E-state index contributed by atoms with van der Waals surface area (Å²) >= 11 is 1.66. The summed E-state index contributed by atoms with van der Waals surface area (Å²) in [5.41, 5.74) is 5.32. The van der Waals surface area contributed by atoms with E-state index in [1.165, 1.54) is 16.0 Å². The van der Waals surface area contributed by atoms with Gasteiger partial charge in [0.1, 0.15) is 0 Å². The van der Waals surface area contributed by atoms with Crippen LogP contribution >= 0.6 is 11.3 Å². The monoisotopic (exact) mass is 233 g/mol. The maximum atomic E-state index is 9.08. The standard InChI is InChI=1S/C13H15NOS/c1-9(7-15)11-3-5-12(6-4-11)13-10(2)14-8-16-13/h3-6,8-9,15H,7H2,1-2H3/t9-/m0/s1. The number of aliphatic hydroxyl groups is 1. The van der Waals surface area contributed by atoms with Gasteiger partial charge in [-0.3, -0.25) is 0 Å². The summed E-state index contributed by atoms with van der Waals surface area (Å²) in [6.45, 7) is 4.24. The van der Waals surface area contributed by atoms with Crippen molar-refractivity contribution in [2.45, 2.75) is 19.8 Å². The first-order valence-corrected chi connectivity index (χ1v) is 6.21. The van der Waals surface area contributed by atoms with Crippen molar-refractivity contribution in [3.05, 3.63) is 41.0 Å². The predicted octanol–water partition coefficient (Wildman–Crippen LogP) is 3.21. The highest BCUT2D eigenvalue weighted by Gasteiger charge is 2.07. The van der Waals surface area contributed by atoms with Crippen LogP contribution in [-0.2, 0) is 0 Å². The van der Waals surface area contributed by atoms with Gasteiger partial charge in [0, 0.05) is 12.5 Å². The molecule has 0 radical (unpaired) electrons. The van der Waals surface area contributed by atoms with E-state index in [1.54, 1.807) is 11.3 Å². The zero-order valence-electron chi connectivity index (χ0n) is 9.47. The van der Waals surface area contributed by atoms with Gasteiger partial charge >= 0.3 is 0 Å². The lowest BCUT2D eigenvalue weighted by Crippen LogP contribution is -1.98. The van der Waals surface area contributed by atoms with E-state index in [4.69, 9.17) is 5.11 Å². The summed E-state index contributed by atoms with van der Waals surface area (Å²) < 4.78 is 0. The van der Waals surface area contributed by atoms with Crippen molar-refractivity contribution in [3.8, 4) is 10.4 Å². The summed E-state index contributed by atoms with van der Waals surface area (Å²) in [7, 11) is 0. The molecule has 1 N–H and O–H groups in total. The fourth-order valence-corrected chi connectivity index (χ4v) is 2.46. The van der Waals surface area contributed by atoms with Gasteiger partial charge in [0.25, 0.3) is 0 Å². The van der Waals surface area contributed by atoms with Crippen molar-refractivity contribution >= 4 is 11.3 Å². The first kappa shape index (κ1) is 11.3. The second-order valence-corrected chi connectivity index (χ2v) is 4.83. The lowest BCUT2D eigenvalue weighted by molar-refractivity contribution is 0.273. The van der Waals surface area contributed by atoms with E-state index in [1.807, 2.05) is 19.4 Å². The molecule has 0 saturated carbocycles. The number of aryl methyl sites for hydroxylation is 1. The van der Waals surface area contributed by atoms with Crippen molar-refractivity contribution in [2.75, 3.05) is 6.61 Å². The minimum atomic E-state index is 0.193. The Bertz CT molecular complexity index is 461. The summed E-state index contributed by atoms with van der Waals surface area (Å²) in [6, 6.07) is 8.36. The van der Waals surface area contributed by atoms with Crippen LogP contribution in [0.3, 0.4) is 0 Å². The summed E-state index contributed by atoms with van der Waals surface area (Å²) in [6.07, 6.45) is 0. The maximum absolute atomic E-state index is 9.08. The molecule has 0 amide bonds. The average molecular weight is 233 g/mol. The molecular formula is C13H15NOS. The molecule has 0 aliphatic heterocycles. The van der Waals surface area contributed by atoms with Crippen LogP contribution in [0.2, 0.25) is 0 Å². The third kappa shape index (κ3) is 2.15. The molecule has 1 aromatic heterocycles. The van der Waals surface area contributed by atoms with Crippen LogP contribution in [0, 0.1) is 6.92 Å². The highest BCUT2D eigenvalue weighted by molar-refractivity contribution is 7.13. The lowest BCUT2D eigenvalue weighted by atomic mass is 10.0. The number of thiazole rings is 1. The number of aromatic nitrogens is 1. The van der Waals surface area contributed by atoms with Crippen molar-refractivity contribution in [1.82, 2.24) is 4.98 Å². The average Bonchev–Trinajstić information content (AvgIpc) is 2.75. The Morgan fingerprint density at radius 3 is 2.50 bits per heavy atom. The molecule has 2 rings (SSSR count). The zero-order valence-corrected chi connectivity index (χ0v) is 10.3. The molecule has 1 heterocycles. The second-order valence-electron chi connectivity index (χ2n) is 3.97. The first-order valence-electron chi connectivity index (χ1n) is 5.33. The Morgan fingerprint density at radius 2 is 2.00 bits per heavy atom. The van der Waals surface area contributed by atoms with Gasteiger partial charge < -0.3 is 5.11 Å². The fourth-order valence-electron chi connectivity index (χ4n) is 1.65. The van der Waals surface area contributed by atoms with Crippen LogP contribution in [-0.4, -0.2) is 16.7 Å². The minimum Gasteiger partial charge on any atom is -0.396 e. The van der Waals surface area contributed by atoms with Crippen LogP contribution in [0.1, 0.15) is 24.1 Å². The van der Waals surface area contributed by atoms with E-state index in [0.29, 0.717) is 0 Å². The molecule has 0 unspecified atom stereocenters. The Kier molecular flexibility index (Phi) is 3.36. The van der Waals surface area contributed by atoms with Crippen molar-refractivity contribution in [3.63, 3.8) is 0 Å². The SMILES string of the molecule is Cc1ncsc1-c1ccc([C@@H](C)CO)cc1. The van der Waals surface area contributed by atoms with Gasteiger partial charge in [0.05, 0.1) is 16.1 Å².